The van der Waals surface area contributed by atoms with E-state index in [0.717, 1.165) is 18.5 Å². The molecule has 2 heteroatoms. The Labute approximate surface area is 124 Å². The first-order valence-electron chi connectivity index (χ1n) is 8.10. The fourth-order valence-corrected chi connectivity index (χ4v) is 2.95. The molecule has 0 radical (unpaired) electrons. The average molecular weight is 279 g/mol. The molecule has 1 nitrogen and oxygen atoms in total. The van der Waals surface area contributed by atoms with Crippen LogP contribution in [-0.4, -0.2) is 12.6 Å². The van der Waals surface area contributed by atoms with Crippen molar-refractivity contribution in [2.45, 2.75) is 65.8 Å². The number of rotatable bonds is 9. The summed E-state index contributed by atoms with van der Waals surface area (Å²) in [4.78, 5) is 0. The smallest absolute Gasteiger partial charge is 0.123 e. The quantitative estimate of drug-likeness (QED) is 0.680. The van der Waals surface area contributed by atoms with Gasteiger partial charge in [-0.2, -0.15) is 0 Å². The molecule has 0 amide bonds. The van der Waals surface area contributed by atoms with Crippen molar-refractivity contribution in [2.24, 2.45) is 5.92 Å². The van der Waals surface area contributed by atoms with Crippen LogP contribution in [0.15, 0.2) is 18.2 Å². The molecule has 0 saturated carbocycles. The van der Waals surface area contributed by atoms with Gasteiger partial charge in [0, 0.05) is 6.04 Å². The first-order valence-corrected chi connectivity index (χ1v) is 8.10. The zero-order chi connectivity index (χ0) is 15.0. The molecule has 0 bridgehead atoms. The summed E-state index contributed by atoms with van der Waals surface area (Å²) in [5.74, 6) is 0.573. The Morgan fingerprint density at radius 3 is 2.50 bits per heavy atom. The number of nitrogens with one attached hydrogen (secondary N) is 1. The molecule has 114 valence electrons. The van der Waals surface area contributed by atoms with Gasteiger partial charge in [0.05, 0.1) is 0 Å². The largest absolute Gasteiger partial charge is 0.314 e. The van der Waals surface area contributed by atoms with Gasteiger partial charge < -0.3 is 5.32 Å². The van der Waals surface area contributed by atoms with E-state index < -0.39 is 0 Å². The van der Waals surface area contributed by atoms with Gasteiger partial charge in [-0.1, -0.05) is 46.1 Å². The number of benzene rings is 1. The van der Waals surface area contributed by atoms with Gasteiger partial charge in [0.15, 0.2) is 0 Å². The van der Waals surface area contributed by atoms with Crippen molar-refractivity contribution < 1.29 is 4.39 Å². The van der Waals surface area contributed by atoms with Gasteiger partial charge in [0.25, 0.3) is 0 Å². The van der Waals surface area contributed by atoms with E-state index in [2.05, 4.69) is 26.1 Å². The summed E-state index contributed by atoms with van der Waals surface area (Å²) >= 11 is 0. The Morgan fingerprint density at radius 2 is 1.95 bits per heavy atom. The van der Waals surface area contributed by atoms with Crippen LogP contribution < -0.4 is 5.32 Å². The second-order valence-electron chi connectivity index (χ2n) is 5.75. The van der Waals surface area contributed by atoms with Gasteiger partial charge in [-0.15, -0.1) is 0 Å². The van der Waals surface area contributed by atoms with E-state index in [1.54, 1.807) is 12.1 Å². The minimum Gasteiger partial charge on any atom is -0.314 e. The van der Waals surface area contributed by atoms with Gasteiger partial charge in [-0.25, -0.2) is 4.39 Å². The van der Waals surface area contributed by atoms with Gasteiger partial charge in [0.2, 0.25) is 0 Å². The van der Waals surface area contributed by atoms with Crippen LogP contribution in [0, 0.1) is 18.7 Å². The van der Waals surface area contributed by atoms with Crippen LogP contribution in [0.2, 0.25) is 0 Å². The third kappa shape index (κ3) is 5.24. The average Bonchev–Trinajstić information content (AvgIpc) is 2.42. The van der Waals surface area contributed by atoms with E-state index in [1.165, 1.54) is 31.2 Å². The molecule has 0 spiro atoms. The lowest BCUT2D eigenvalue weighted by molar-refractivity contribution is 0.319. The topological polar surface area (TPSA) is 12.0 Å². The molecule has 1 aromatic carbocycles. The summed E-state index contributed by atoms with van der Waals surface area (Å²) in [5, 5.41) is 3.64. The summed E-state index contributed by atoms with van der Waals surface area (Å²) in [7, 11) is 0. The lowest BCUT2D eigenvalue weighted by Crippen LogP contribution is -2.38. The summed E-state index contributed by atoms with van der Waals surface area (Å²) in [6, 6.07) is 5.67. The lowest BCUT2D eigenvalue weighted by atomic mass is 9.86. The monoisotopic (exact) mass is 279 g/mol. The molecule has 0 heterocycles. The summed E-state index contributed by atoms with van der Waals surface area (Å²) in [6.07, 6.45) is 6.04. The first-order chi connectivity index (χ1) is 9.62. The SMILES string of the molecule is CCCCC(CC)C(Cc1ccc(F)cc1C)NCC. The van der Waals surface area contributed by atoms with Crippen LogP contribution in [0.4, 0.5) is 4.39 Å². The maximum atomic E-state index is 13.2. The van der Waals surface area contributed by atoms with Crippen LogP contribution in [0.5, 0.6) is 0 Å². The second kappa shape index (κ2) is 9.12. The molecule has 1 aromatic rings. The number of hydrogen-bond donors (Lipinski definition) is 1. The fourth-order valence-electron chi connectivity index (χ4n) is 2.95. The maximum absolute atomic E-state index is 13.2. The van der Waals surface area contributed by atoms with Crippen LogP contribution in [0.3, 0.4) is 0 Å². The third-order valence-corrected chi connectivity index (χ3v) is 4.23. The predicted molar refractivity (Wildman–Crippen MR) is 85.6 cm³/mol. The van der Waals surface area contributed by atoms with Crippen molar-refractivity contribution in [3.63, 3.8) is 0 Å². The maximum Gasteiger partial charge on any atom is 0.123 e. The van der Waals surface area contributed by atoms with Gasteiger partial charge in [-0.05, 0) is 55.5 Å². The van der Waals surface area contributed by atoms with E-state index in [9.17, 15) is 4.39 Å². The highest BCUT2D eigenvalue weighted by Crippen LogP contribution is 2.22. The van der Waals surface area contributed by atoms with Crippen LogP contribution >= 0.6 is 0 Å². The normalized spacial score (nSPS) is 14.2. The molecule has 1 rings (SSSR count). The Balaban J connectivity index is 2.78. The highest BCUT2D eigenvalue weighted by atomic mass is 19.1. The summed E-state index contributed by atoms with van der Waals surface area (Å²) in [6.45, 7) is 9.69. The Bertz CT molecular complexity index is 389. The minimum absolute atomic E-state index is 0.135. The molecule has 0 saturated heterocycles. The van der Waals surface area contributed by atoms with E-state index in [-0.39, 0.29) is 5.82 Å². The molecular weight excluding hydrogens is 249 g/mol. The first kappa shape index (κ1) is 17.2. The molecular formula is C18H30FN. The zero-order valence-corrected chi connectivity index (χ0v) is 13.5. The lowest BCUT2D eigenvalue weighted by Gasteiger charge is -2.28. The van der Waals surface area contributed by atoms with Crippen molar-refractivity contribution >= 4 is 0 Å². The summed E-state index contributed by atoms with van der Waals surface area (Å²) in [5.41, 5.74) is 2.34. The second-order valence-corrected chi connectivity index (χ2v) is 5.75. The van der Waals surface area contributed by atoms with Crippen molar-refractivity contribution in [1.29, 1.82) is 0 Å². The fraction of sp³-hybridized carbons (Fsp3) is 0.667. The highest BCUT2D eigenvalue weighted by Gasteiger charge is 2.19. The Morgan fingerprint density at radius 1 is 1.20 bits per heavy atom. The number of aryl methyl sites for hydroxylation is 1. The van der Waals surface area contributed by atoms with Crippen molar-refractivity contribution in [3.05, 3.63) is 35.1 Å². The molecule has 1 N–H and O–H groups in total. The molecule has 0 aliphatic rings. The standard InChI is InChI=1S/C18H30FN/c1-5-8-9-15(6-2)18(20-7-3)13-16-10-11-17(19)12-14(16)4/h10-12,15,18,20H,5-9,13H2,1-4H3. The van der Waals surface area contributed by atoms with Crippen LogP contribution in [0.25, 0.3) is 0 Å². The van der Waals surface area contributed by atoms with Gasteiger partial charge in [-0.3, -0.25) is 0 Å². The molecule has 0 aliphatic heterocycles. The Hall–Kier alpha value is -0.890. The van der Waals surface area contributed by atoms with Crippen molar-refractivity contribution in [3.8, 4) is 0 Å². The highest BCUT2D eigenvalue weighted by molar-refractivity contribution is 5.27. The summed E-state index contributed by atoms with van der Waals surface area (Å²) < 4.78 is 13.2. The van der Waals surface area contributed by atoms with E-state index >= 15 is 0 Å². The van der Waals surface area contributed by atoms with Gasteiger partial charge >= 0.3 is 0 Å². The number of likely N-dealkylation sites (N-methyl/N-ethyl adjacent to an activating group) is 1. The minimum atomic E-state index is -0.135. The number of unbranched alkanes of at least 4 members (excludes halogenated alkanes) is 1. The zero-order valence-electron chi connectivity index (χ0n) is 13.5. The van der Waals surface area contributed by atoms with E-state index in [0.29, 0.717) is 12.0 Å². The predicted octanol–water partition coefficient (Wildman–Crippen LogP) is 4.87. The molecule has 20 heavy (non-hydrogen) atoms. The van der Waals surface area contributed by atoms with Crippen molar-refractivity contribution in [2.75, 3.05) is 6.54 Å². The molecule has 2 unspecified atom stereocenters. The van der Waals surface area contributed by atoms with Crippen LogP contribution in [0.1, 0.15) is 57.6 Å². The van der Waals surface area contributed by atoms with Crippen molar-refractivity contribution in [1.82, 2.24) is 5.32 Å². The molecule has 0 aromatic heterocycles. The molecule has 0 fully saturated rings. The molecule has 2 atom stereocenters. The van der Waals surface area contributed by atoms with Crippen LogP contribution in [-0.2, 0) is 6.42 Å². The molecule has 0 aliphatic carbocycles. The Kier molecular flexibility index (Phi) is 7.83. The number of halogens is 1. The van der Waals surface area contributed by atoms with E-state index in [4.69, 9.17) is 0 Å². The third-order valence-electron chi connectivity index (χ3n) is 4.23. The van der Waals surface area contributed by atoms with E-state index in [1.807, 2.05) is 13.0 Å². The van der Waals surface area contributed by atoms with Gasteiger partial charge in [0.1, 0.15) is 5.82 Å². The number of hydrogen-bond acceptors (Lipinski definition) is 1.